The average Bonchev–Trinajstić information content (AvgIpc) is 3.39. The van der Waals surface area contributed by atoms with Gasteiger partial charge in [-0.1, -0.05) is 86.1 Å². The van der Waals surface area contributed by atoms with Gasteiger partial charge in [0, 0.05) is 32.6 Å². The van der Waals surface area contributed by atoms with E-state index in [1.54, 1.807) is 0 Å². The molecule has 0 aliphatic heterocycles. The number of hydrogen-bond donors (Lipinski definition) is 0. The summed E-state index contributed by atoms with van der Waals surface area (Å²) in [6.45, 7) is 4.62. The minimum Gasteiger partial charge on any atom is -0.454 e. The number of para-hydroxylation sites is 2. The minimum atomic E-state index is -0.0334. The molecule has 0 saturated carbocycles. The van der Waals surface area contributed by atoms with Gasteiger partial charge in [0.1, 0.15) is 5.58 Å². The molecule has 6 aromatic rings. The second-order valence-electron chi connectivity index (χ2n) is 9.96. The first-order chi connectivity index (χ1) is 17.5. The number of fused-ring (bicyclic) bond motifs is 6. The highest BCUT2D eigenvalue weighted by Crippen LogP contribution is 2.51. The molecule has 1 aromatic heterocycles. The topological polar surface area (TPSA) is 16.4 Å². The van der Waals surface area contributed by atoms with Gasteiger partial charge in [0.2, 0.25) is 0 Å². The van der Waals surface area contributed by atoms with Crippen LogP contribution in [0.4, 0.5) is 17.1 Å². The van der Waals surface area contributed by atoms with E-state index in [-0.39, 0.29) is 5.41 Å². The minimum absolute atomic E-state index is 0.0334. The van der Waals surface area contributed by atoms with E-state index in [0.29, 0.717) is 5.02 Å². The fourth-order valence-electron chi connectivity index (χ4n) is 5.77. The summed E-state index contributed by atoms with van der Waals surface area (Å²) in [6, 6.07) is 38.2. The van der Waals surface area contributed by atoms with E-state index in [1.165, 1.54) is 22.3 Å². The van der Waals surface area contributed by atoms with Crippen molar-refractivity contribution in [1.82, 2.24) is 0 Å². The van der Waals surface area contributed by atoms with Crippen molar-refractivity contribution in [2.24, 2.45) is 0 Å². The highest BCUT2D eigenvalue weighted by atomic mass is 35.5. The summed E-state index contributed by atoms with van der Waals surface area (Å²) in [4.78, 5) is 2.27. The number of nitrogens with zero attached hydrogens (tertiary/aromatic N) is 1. The molecule has 1 aliphatic carbocycles. The molecule has 0 saturated heterocycles. The predicted octanol–water partition coefficient (Wildman–Crippen LogP) is 10.0. The van der Waals surface area contributed by atoms with Gasteiger partial charge < -0.3 is 9.32 Å². The molecule has 1 aliphatic rings. The van der Waals surface area contributed by atoms with E-state index in [9.17, 15) is 0 Å². The molecule has 0 spiro atoms. The van der Waals surface area contributed by atoms with Crippen molar-refractivity contribution in [3.8, 4) is 11.1 Å². The molecule has 5 aromatic carbocycles. The Morgan fingerprint density at radius 1 is 0.639 bits per heavy atom. The molecule has 174 valence electrons. The first-order valence-electron chi connectivity index (χ1n) is 12.2. The number of benzene rings is 5. The Kier molecular flexibility index (Phi) is 4.58. The molecule has 1 heterocycles. The number of halogens is 1. The maximum Gasteiger partial charge on any atom is 0.159 e. The lowest BCUT2D eigenvalue weighted by Crippen LogP contribution is -2.15. The number of anilines is 3. The van der Waals surface area contributed by atoms with E-state index in [1.807, 2.05) is 24.3 Å². The molecule has 7 rings (SSSR count). The zero-order valence-electron chi connectivity index (χ0n) is 20.1. The third-order valence-corrected chi connectivity index (χ3v) is 7.79. The molecular formula is C33H24ClNO. The number of furan rings is 1. The van der Waals surface area contributed by atoms with Crippen LogP contribution in [0, 0.1) is 0 Å². The fourth-order valence-corrected chi connectivity index (χ4v) is 5.90. The van der Waals surface area contributed by atoms with Crippen molar-refractivity contribution in [1.29, 1.82) is 0 Å². The lowest BCUT2D eigenvalue weighted by atomic mass is 9.82. The van der Waals surface area contributed by atoms with Gasteiger partial charge in [-0.25, -0.2) is 0 Å². The quantitative estimate of drug-likeness (QED) is 0.248. The lowest BCUT2D eigenvalue weighted by molar-refractivity contribution is 0.660. The Morgan fingerprint density at radius 3 is 2.19 bits per heavy atom. The Balaban J connectivity index is 1.50. The van der Waals surface area contributed by atoms with Crippen LogP contribution in [-0.2, 0) is 5.41 Å². The first-order valence-corrected chi connectivity index (χ1v) is 12.6. The zero-order valence-corrected chi connectivity index (χ0v) is 20.9. The Bertz CT molecular complexity index is 1780. The summed E-state index contributed by atoms with van der Waals surface area (Å²) in [6.07, 6.45) is 0. The molecule has 3 heteroatoms. The summed E-state index contributed by atoms with van der Waals surface area (Å²) < 4.78 is 6.45. The van der Waals surface area contributed by atoms with E-state index in [0.717, 1.165) is 39.0 Å². The van der Waals surface area contributed by atoms with Crippen molar-refractivity contribution in [2.75, 3.05) is 4.90 Å². The molecule has 36 heavy (non-hydrogen) atoms. The van der Waals surface area contributed by atoms with Crippen molar-refractivity contribution in [3.05, 3.63) is 125 Å². The zero-order chi connectivity index (χ0) is 24.4. The third-order valence-electron chi connectivity index (χ3n) is 7.53. The van der Waals surface area contributed by atoms with E-state index in [4.69, 9.17) is 16.0 Å². The molecule has 2 nitrogen and oxygen atoms in total. The second kappa shape index (κ2) is 7.74. The van der Waals surface area contributed by atoms with Crippen LogP contribution in [0.2, 0.25) is 5.02 Å². The van der Waals surface area contributed by atoms with Crippen LogP contribution in [0.15, 0.2) is 114 Å². The molecule has 0 radical (unpaired) electrons. The van der Waals surface area contributed by atoms with Crippen LogP contribution in [0.25, 0.3) is 33.1 Å². The van der Waals surface area contributed by atoms with Gasteiger partial charge in [0.05, 0.1) is 5.69 Å². The Morgan fingerprint density at radius 2 is 1.33 bits per heavy atom. The maximum absolute atomic E-state index is 6.45. The predicted molar refractivity (Wildman–Crippen MR) is 151 cm³/mol. The lowest BCUT2D eigenvalue weighted by Gasteiger charge is -2.27. The Hall–Kier alpha value is -4.01. The average molecular weight is 486 g/mol. The normalized spacial score (nSPS) is 13.6. The third kappa shape index (κ3) is 3.04. The van der Waals surface area contributed by atoms with Crippen molar-refractivity contribution < 1.29 is 4.42 Å². The van der Waals surface area contributed by atoms with Crippen molar-refractivity contribution in [3.63, 3.8) is 0 Å². The summed E-state index contributed by atoms with van der Waals surface area (Å²) in [5.74, 6) is 0. The van der Waals surface area contributed by atoms with Gasteiger partial charge in [-0.15, -0.1) is 0 Å². The van der Waals surface area contributed by atoms with Gasteiger partial charge in [-0.2, -0.15) is 0 Å². The van der Waals surface area contributed by atoms with Gasteiger partial charge in [0.25, 0.3) is 0 Å². The molecule has 0 unspecified atom stereocenters. The second-order valence-corrected chi connectivity index (χ2v) is 10.4. The fraction of sp³-hybridized carbons (Fsp3) is 0.0909. The van der Waals surface area contributed by atoms with Gasteiger partial charge in [0.15, 0.2) is 5.58 Å². The monoisotopic (exact) mass is 485 g/mol. The summed E-state index contributed by atoms with van der Waals surface area (Å²) in [5.41, 5.74) is 10.1. The van der Waals surface area contributed by atoms with Gasteiger partial charge in [-0.05, 0) is 70.8 Å². The van der Waals surface area contributed by atoms with Crippen LogP contribution < -0.4 is 4.90 Å². The highest BCUT2D eigenvalue weighted by Gasteiger charge is 2.35. The Labute approximate surface area is 215 Å². The SMILES string of the molecule is CC1(C)c2ccccc2-c2cc(N(c3ccc(Cl)cc3)c3cccc4c3oc3ccccc34)ccc21. The van der Waals surface area contributed by atoms with Crippen LogP contribution in [-0.4, -0.2) is 0 Å². The molecule has 0 bridgehead atoms. The number of hydrogen-bond acceptors (Lipinski definition) is 2. The van der Waals surface area contributed by atoms with E-state index < -0.39 is 0 Å². The summed E-state index contributed by atoms with van der Waals surface area (Å²) >= 11 is 6.28. The molecule has 0 N–H and O–H groups in total. The highest BCUT2D eigenvalue weighted by molar-refractivity contribution is 6.30. The molecule has 0 amide bonds. The van der Waals surface area contributed by atoms with Crippen LogP contribution in [0.3, 0.4) is 0 Å². The maximum atomic E-state index is 6.45. The summed E-state index contributed by atoms with van der Waals surface area (Å²) in [7, 11) is 0. The van der Waals surface area contributed by atoms with Gasteiger partial charge >= 0.3 is 0 Å². The summed E-state index contributed by atoms with van der Waals surface area (Å²) in [5, 5.41) is 2.94. The van der Waals surface area contributed by atoms with Crippen LogP contribution >= 0.6 is 11.6 Å². The molecule has 0 atom stereocenters. The number of rotatable bonds is 3. The van der Waals surface area contributed by atoms with Gasteiger partial charge in [-0.3, -0.25) is 0 Å². The molecule has 0 fully saturated rings. The smallest absolute Gasteiger partial charge is 0.159 e. The standard InChI is InChI=1S/C33H24ClNO/c1-33(2)28-11-5-3-8-24(28)27-20-23(18-19-29(27)33)35(22-16-14-21(34)15-17-22)30-12-7-10-26-25-9-4-6-13-31(25)36-32(26)30/h3-20H,1-2H3. The van der Waals surface area contributed by atoms with Crippen LogP contribution in [0.5, 0.6) is 0 Å². The molecular weight excluding hydrogens is 462 g/mol. The van der Waals surface area contributed by atoms with E-state index in [2.05, 4.69) is 104 Å². The van der Waals surface area contributed by atoms with Crippen LogP contribution in [0.1, 0.15) is 25.0 Å². The van der Waals surface area contributed by atoms with Crippen molar-refractivity contribution >= 4 is 50.6 Å². The first kappa shape index (κ1) is 21.3. The largest absolute Gasteiger partial charge is 0.454 e. The van der Waals surface area contributed by atoms with Crippen molar-refractivity contribution in [2.45, 2.75) is 19.3 Å². The van der Waals surface area contributed by atoms with E-state index >= 15 is 0 Å².